The number of hydrogen-bond donors (Lipinski definition) is 1. The Kier molecular flexibility index (Phi) is 4.10. The van der Waals surface area contributed by atoms with Gasteiger partial charge in [-0.1, -0.05) is 58.7 Å². The lowest BCUT2D eigenvalue weighted by atomic mass is 10.3. The molecule has 0 aliphatic carbocycles. The Hall–Kier alpha value is -0.540. The van der Waals surface area contributed by atoms with E-state index in [-0.39, 0.29) is 5.75 Å². The van der Waals surface area contributed by atoms with E-state index in [1.807, 2.05) is 6.07 Å². The van der Waals surface area contributed by atoms with E-state index in [1.54, 1.807) is 30.3 Å². The number of halogens is 3. The molecule has 0 amide bonds. The molecule has 0 aromatic heterocycles. The van der Waals surface area contributed by atoms with Gasteiger partial charge in [-0.05, 0) is 24.3 Å². The smallest absolute Gasteiger partial charge is 0.129 e. The van der Waals surface area contributed by atoms with Gasteiger partial charge in [0, 0.05) is 9.92 Å². The molecule has 0 unspecified atom stereocenters. The molecule has 5 heteroatoms. The van der Waals surface area contributed by atoms with Gasteiger partial charge < -0.3 is 5.11 Å². The first-order valence-electron chi connectivity index (χ1n) is 4.68. The Balaban J connectivity index is 2.40. The Bertz CT molecular complexity index is 557. The van der Waals surface area contributed by atoms with Crippen molar-refractivity contribution in [1.29, 1.82) is 0 Å². The number of rotatable bonds is 2. The van der Waals surface area contributed by atoms with Crippen molar-refractivity contribution in [2.45, 2.75) is 9.79 Å². The van der Waals surface area contributed by atoms with Crippen molar-refractivity contribution in [3.63, 3.8) is 0 Å². The molecule has 0 fully saturated rings. The molecule has 1 nitrogen and oxygen atoms in total. The van der Waals surface area contributed by atoms with Gasteiger partial charge in [0.25, 0.3) is 0 Å². The first-order chi connectivity index (χ1) is 8.08. The van der Waals surface area contributed by atoms with Crippen molar-refractivity contribution in [1.82, 2.24) is 0 Å². The molecule has 0 radical (unpaired) electrons. The van der Waals surface area contributed by atoms with E-state index in [9.17, 15) is 5.11 Å². The average molecular weight is 306 g/mol. The predicted molar refractivity (Wildman–Crippen MR) is 73.7 cm³/mol. The van der Waals surface area contributed by atoms with Crippen LogP contribution in [-0.2, 0) is 0 Å². The molecule has 0 saturated heterocycles. The van der Waals surface area contributed by atoms with Crippen LogP contribution >= 0.6 is 46.6 Å². The van der Waals surface area contributed by atoms with Gasteiger partial charge in [0.2, 0.25) is 0 Å². The van der Waals surface area contributed by atoms with Crippen LogP contribution in [0.5, 0.6) is 5.75 Å². The SMILES string of the molecule is Oc1ccccc1Sc1cc(Cl)cc(Cl)c1Cl. The second-order valence-electron chi connectivity index (χ2n) is 3.27. The van der Waals surface area contributed by atoms with Gasteiger partial charge in [0.15, 0.2) is 0 Å². The molecule has 0 atom stereocenters. The molecule has 2 rings (SSSR count). The molecule has 1 N–H and O–H groups in total. The number of phenolic OH excluding ortho intramolecular Hbond substituents is 1. The zero-order chi connectivity index (χ0) is 12.4. The number of para-hydroxylation sites is 1. The second-order valence-corrected chi connectivity index (χ2v) is 5.57. The second kappa shape index (κ2) is 5.40. The summed E-state index contributed by atoms with van der Waals surface area (Å²) in [5, 5.41) is 11.0. The molecule has 0 aliphatic rings. The molecular weight excluding hydrogens is 299 g/mol. The van der Waals surface area contributed by atoms with Gasteiger partial charge in [-0.25, -0.2) is 0 Å². The summed E-state index contributed by atoms with van der Waals surface area (Å²) in [5.74, 6) is 0.199. The van der Waals surface area contributed by atoms with E-state index >= 15 is 0 Å². The maximum atomic E-state index is 9.67. The first kappa shape index (κ1) is 12.9. The Morgan fingerprint density at radius 1 is 0.941 bits per heavy atom. The third-order valence-electron chi connectivity index (χ3n) is 2.04. The highest BCUT2D eigenvalue weighted by atomic mass is 35.5. The summed E-state index contributed by atoms with van der Waals surface area (Å²) < 4.78 is 0. The van der Waals surface area contributed by atoms with Crippen LogP contribution in [0, 0.1) is 0 Å². The minimum Gasteiger partial charge on any atom is -0.507 e. The Morgan fingerprint density at radius 3 is 2.35 bits per heavy atom. The quantitative estimate of drug-likeness (QED) is 0.739. The van der Waals surface area contributed by atoms with Gasteiger partial charge in [-0.3, -0.25) is 0 Å². The van der Waals surface area contributed by atoms with Crippen LogP contribution in [0.4, 0.5) is 0 Å². The molecular formula is C12H7Cl3OS. The van der Waals surface area contributed by atoms with Gasteiger partial charge in [0.1, 0.15) is 5.75 Å². The van der Waals surface area contributed by atoms with Crippen molar-refractivity contribution >= 4 is 46.6 Å². The fourth-order valence-electron chi connectivity index (χ4n) is 1.27. The molecule has 88 valence electrons. The number of aromatic hydroxyl groups is 1. The van der Waals surface area contributed by atoms with Crippen LogP contribution < -0.4 is 0 Å². The van der Waals surface area contributed by atoms with E-state index in [1.165, 1.54) is 11.8 Å². The summed E-state index contributed by atoms with van der Waals surface area (Å²) in [5.41, 5.74) is 0. The first-order valence-corrected chi connectivity index (χ1v) is 6.63. The van der Waals surface area contributed by atoms with Crippen LogP contribution in [0.15, 0.2) is 46.2 Å². The number of phenols is 1. The lowest BCUT2D eigenvalue weighted by Crippen LogP contribution is -1.79. The zero-order valence-electron chi connectivity index (χ0n) is 8.45. The highest BCUT2D eigenvalue weighted by molar-refractivity contribution is 7.99. The van der Waals surface area contributed by atoms with Crippen molar-refractivity contribution in [2.24, 2.45) is 0 Å². The summed E-state index contributed by atoms with van der Waals surface area (Å²) in [7, 11) is 0. The summed E-state index contributed by atoms with van der Waals surface area (Å²) in [6, 6.07) is 10.3. The van der Waals surface area contributed by atoms with E-state index < -0.39 is 0 Å². The molecule has 0 saturated carbocycles. The molecule has 2 aromatic rings. The standard InChI is InChI=1S/C12H7Cl3OS/c13-7-5-8(14)12(15)11(6-7)17-10-4-2-1-3-9(10)16/h1-6,16H. The number of hydrogen-bond acceptors (Lipinski definition) is 2. The molecule has 0 aliphatic heterocycles. The minimum atomic E-state index is 0.199. The highest BCUT2D eigenvalue weighted by Crippen LogP contribution is 2.41. The average Bonchev–Trinajstić information content (AvgIpc) is 2.28. The Labute approximate surface area is 118 Å². The van der Waals surface area contributed by atoms with E-state index in [0.29, 0.717) is 24.9 Å². The summed E-state index contributed by atoms with van der Waals surface area (Å²) in [6.07, 6.45) is 0. The molecule has 0 spiro atoms. The minimum absolute atomic E-state index is 0.199. The van der Waals surface area contributed by atoms with Crippen LogP contribution in [0.2, 0.25) is 15.1 Å². The van der Waals surface area contributed by atoms with Gasteiger partial charge >= 0.3 is 0 Å². The normalized spacial score (nSPS) is 10.5. The van der Waals surface area contributed by atoms with Gasteiger partial charge in [0.05, 0.1) is 14.9 Å². The van der Waals surface area contributed by atoms with Crippen LogP contribution in [0.25, 0.3) is 0 Å². The summed E-state index contributed by atoms with van der Waals surface area (Å²) in [6.45, 7) is 0. The molecule has 0 bridgehead atoms. The van der Waals surface area contributed by atoms with Crippen LogP contribution in [0.3, 0.4) is 0 Å². The zero-order valence-corrected chi connectivity index (χ0v) is 11.5. The maximum absolute atomic E-state index is 9.67. The van der Waals surface area contributed by atoms with Crippen molar-refractivity contribution in [3.8, 4) is 5.75 Å². The highest BCUT2D eigenvalue weighted by Gasteiger charge is 2.10. The fourth-order valence-corrected chi connectivity index (χ4v) is 3.05. The maximum Gasteiger partial charge on any atom is 0.129 e. The number of benzene rings is 2. The van der Waals surface area contributed by atoms with Gasteiger partial charge in [-0.15, -0.1) is 0 Å². The topological polar surface area (TPSA) is 20.2 Å². The predicted octanol–water partition coefficient (Wildman–Crippen LogP) is 5.50. The van der Waals surface area contributed by atoms with Crippen molar-refractivity contribution in [2.75, 3.05) is 0 Å². The van der Waals surface area contributed by atoms with Gasteiger partial charge in [-0.2, -0.15) is 0 Å². The molecule has 2 aromatic carbocycles. The Morgan fingerprint density at radius 2 is 1.65 bits per heavy atom. The van der Waals surface area contributed by atoms with Crippen LogP contribution in [0.1, 0.15) is 0 Å². The lowest BCUT2D eigenvalue weighted by molar-refractivity contribution is 0.462. The summed E-state index contributed by atoms with van der Waals surface area (Å²) >= 11 is 19.2. The largest absolute Gasteiger partial charge is 0.507 e. The molecule has 17 heavy (non-hydrogen) atoms. The fraction of sp³-hybridized carbons (Fsp3) is 0. The third-order valence-corrected chi connectivity index (χ3v) is 4.28. The monoisotopic (exact) mass is 304 g/mol. The van der Waals surface area contributed by atoms with E-state index in [0.717, 1.165) is 0 Å². The third kappa shape index (κ3) is 3.02. The van der Waals surface area contributed by atoms with E-state index in [4.69, 9.17) is 34.8 Å². The van der Waals surface area contributed by atoms with E-state index in [2.05, 4.69) is 0 Å². The lowest BCUT2D eigenvalue weighted by Gasteiger charge is -2.07. The van der Waals surface area contributed by atoms with Crippen LogP contribution in [-0.4, -0.2) is 5.11 Å². The van der Waals surface area contributed by atoms with Crippen molar-refractivity contribution in [3.05, 3.63) is 51.5 Å². The summed E-state index contributed by atoms with van der Waals surface area (Å²) in [4.78, 5) is 1.42. The van der Waals surface area contributed by atoms with Crippen molar-refractivity contribution < 1.29 is 5.11 Å². The molecule has 0 heterocycles.